The largest absolute Gasteiger partial charge is 0.378 e. The molecular formula is C12H13BrIN3. The van der Waals surface area contributed by atoms with Crippen LogP contribution in [0.2, 0.25) is 0 Å². The van der Waals surface area contributed by atoms with Crippen molar-refractivity contribution in [3.63, 3.8) is 0 Å². The number of halogens is 2. The summed E-state index contributed by atoms with van der Waals surface area (Å²) < 4.78 is 4.30. The third kappa shape index (κ3) is 3.22. The second-order valence-corrected chi connectivity index (χ2v) is 5.72. The first-order valence-electron chi connectivity index (χ1n) is 5.40. The molecule has 90 valence electrons. The van der Waals surface area contributed by atoms with Crippen LogP contribution in [0, 0.1) is 3.57 Å². The van der Waals surface area contributed by atoms with Crippen LogP contribution >= 0.6 is 38.5 Å². The summed E-state index contributed by atoms with van der Waals surface area (Å²) in [6, 6.07) is 8.29. The van der Waals surface area contributed by atoms with Gasteiger partial charge in [-0.3, -0.25) is 4.68 Å². The van der Waals surface area contributed by atoms with Gasteiger partial charge < -0.3 is 5.32 Å². The highest BCUT2D eigenvalue weighted by molar-refractivity contribution is 14.1. The number of aryl methyl sites for hydroxylation is 1. The molecule has 0 aliphatic carbocycles. The summed E-state index contributed by atoms with van der Waals surface area (Å²) in [6.07, 6.45) is 1.84. The first kappa shape index (κ1) is 12.9. The fourth-order valence-electron chi connectivity index (χ4n) is 1.61. The van der Waals surface area contributed by atoms with E-state index in [-0.39, 0.29) is 0 Å². The van der Waals surface area contributed by atoms with Crippen molar-refractivity contribution in [3.05, 3.63) is 44.2 Å². The Balaban J connectivity index is 2.09. The van der Waals surface area contributed by atoms with E-state index in [0.29, 0.717) is 0 Å². The zero-order valence-electron chi connectivity index (χ0n) is 9.45. The summed E-state index contributed by atoms with van der Waals surface area (Å²) in [5, 5.41) is 7.67. The lowest BCUT2D eigenvalue weighted by molar-refractivity contribution is 0.627. The van der Waals surface area contributed by atoms with E-state index in [1.807, 2.05) is 16.9 Å². The van der Waals surface area contributed by atoms with Gasteiger partial charge in [0.05, 0.1) is 12.2 Å². The van der Waals surface area contributed by atoms with E-state index in [0.717, 1.165) is 23.2 Å². The number of hydrogen-bond acceptors (Lipinski definition) is 2. The molecule has 0 unspecified atom stereocenters. The number of nitrogens with zero attached hydrogens (tertiary/aromatic N) is 2. The van der Waals surface area contributed by atoms with Gasteiger partial charge in [-0.1, -0.05) is 0 Å². The molecule has 2 rings (SSSR count). The predicted molar refractivity (Wildman–Crippen MR) is 82.1 cm³/mol. The van der Waals surface area contributed by atoms with Crippen LogP contribution in [-0.4, -0.2) is 9.78 Å². The summed E-state index contributed by atoms with van der Waals surface area (Å²) in [5.74, 6) is 0. The molecule has 0 amide bonds. The Labute approximate surface area is 123 Å². The minimum absolute atomic E-state index is 0.784. The van der Waals surface area contributed by atoms with Crippen LogP contribution in [0.4, 0.5) is 5.69 Å². The molecule has 0 aliphatic rings. The molecule has 0 spiro atoms. The van der Waals surface area contributed by atoms with E-state index in [1.54, 1.807) is 0 Å². The van der Waals surface area contributed by atoms with Crippen LogP contribution in [0.1, 0.15) is 12.6 Å². The van der Waals surface area contributed by atoms with Crippen molar-refractivity contribution >= 4 is 44.2 Å². The van der Waals surface area contributed by atoms with Crippen LogP contribution in [0.5, 0.6) is 0 Å². The topological polar surface area (TPSA) is 29.9 Å². The predicted octanol–water partition coefficient (Wildman–Crippen LogP) is 3.88. The molecule has 0 bridgehead atoms. The van der Waals surface area contributed by atoms with E-state index in [2.05, 4.69) is 74.1 Å². The Kier molecular flexibility index (Phi) is 4.44. The minimum Gasteiger partial charge on any atom is -0.378 e. The Morgan fingerprint density at radius 1 is 1.41 bits per heavy atom. The Morgan fingerprint density at radius 3 is 3.00 bits per heavy atom. The van der Waals surface area contributed by atoms with Gasteiger partial charge in [-0.25, -0.2) is 0 Å². The van der Waals surface area contributed by atoms with Crippen molar-refractivity contribution in [2.45, 2.75) is 20.0 Å². The minimum atomic E-state index is 0.784. The maximum Gasteiger partial charge on any atom is 0.0575 e. The van der Waals surface area contributed by atoms with Gasteiger partial charge in [-0.05, 0) is 69.7 Å². The molecule has 2 aromatic rings. The smallest absolute Gasteiger partial charge is 0.0575 e. The highest BCUT2D eigenvalue weighted by Crippen LogP contribution is 2.24. The highest BCUT2D eigenvalue weighted by Gasteiger charge is 2.03. The van der Waals surface area contributed by atoms with Gasteiger partial charge in [0.1, 0.15) is 0 Å². The standard InChI is InChI=1S/C12H13BrIN3/c1-2-17-10(5-6-16-17)8-15-12-7-9(14)3-4-11(12)13/h3-7,15H,2,8H2,1H3. The first-order chi connectivity index (χ1) is 8.20. The molecular weight excluding hydrogens is 393 g/mol. The van der Waals surface area contributed by atoms with Gasteiger partial charge in [-0.15, -0.1) is 0 Å². The van der Waals surface area contributed by atoms with Gasteiger partial charge in [0, 0.05) is 26.5 Å². The van der Waals surface area contributed by atoms with Gasteiger partial charge in [-0.2, -0.15) is 5.10 Å². The Morgan fingerprint density at radius 2 is 2.24 bits per heavy atom. The second-order valence-electron chi connectivity index (χ2n) is 3.62. The Bertz CT molecular complexity index is 510. The van der Waals surface area contributed by atoms with E-state index < -0.39 is 0 Å². The van der Waals surface area contributed by atoms with Crippen LogP contribution in [0.15, 0.2) is 34.9 Å². The number of rotatable bonds is 4. The van der Waals surface area contributed by atoms with Crippen LogP contribution in [0.3, 0.4) is 0 Å². The summed E-state index contributed by atoms with van der Waals surface area (Å²) in [5.41, 5.74) is 2.30. The van der Waals surface area contributed by atoms with Crippen LogP contribution in [-0.2, 0) is 13.1 Å². The van der Waals surface area contributed by atoms with Crippen molar-refractivity contribution in [1.82, 2.24) is 9.78 Å². The third-order valence-electron chi connectivity index (χ3n) is 2.49. The third-order valence-corrected chi connectivity index (χ3v) is 3.85. The summed E-state index contributed by atoms with van der Waals surface area (Å²) in [7, 11) is 0. The molecule has 1 aromatic heterocycles. The van der Waals surface area contributed by atoms with E-state index in [9.17, 15) is 0 Å². The molecule has 0 radical (unpaired) electrons. The first-order valence-corrected chi connectivity index (χ1v) is 7.27. The Hall–Kier alpha value is -0.560. The average molecular weight is 406 g/mol. The fraction of sp³-hybridized carbons (Fsp3) is 0.250. The van der Waals surface area contributed by atoms with Crippen molar-refractivity contribution in [1.29, 1.82) is 0 Å². The summed E-state index contributed by atoms with van der Waals surface area (Å²) in [6.45, 7) is 3.78. The SMILES string of the molecule is CCn1nccc1CNc1cc(I)ccc1Br. The quantitative estimate of drug-likeness (QED) is 0.782. The molecule has 0 aliphatic heterocycles. The maximum atomic E-state index is 4.25. The lowest BCUT2D eigenvalue weighted by Gasteiger charge is -2.10. The van der Waals surface area contributed by atoms with Crippen molar-refractivity contribution < 1.29 is 0 Å². The van der Waals surface area contributed by atoms with Crippen molar-refractivity contribution in [2.75, 3.05) is 5.32 Å². The molecule has 1 N–H and O–H groups in total. The second kappa shape index (κ2) is 5.86. The molecule has 5 heteroatoms. The van der Waals surface area contributed by atoms with Crippen molar-refractivity contribution in [3.8, 4) is 0 Å². The number of aromatic nitrogens is 2. The normalized spacial score (nSPS) is 10.5. The monoisotopic (exact) mass is 405 g/mol. The lowest BCUT2D eigenvalue weighted by atomic mass is 10.3. The summed E-state index contributed by atoms with van der Waals surface area (Å²) >= 11 is 5.85. The number of nitrogens with one attached hydrogen (secondary N) is 1. The maximum absolute atomic E-state index is 4.25. The van der Waals surface area contributed by atoms with Crippen molar-refractivity contribution in [2.24, 2.45) is 0 Å². The van der Waals surface area contributed by atoms with Gasteiger partial charge in [0.15, 0.2) is 0 Å². The molecule has 1 aromatic carbocycles. The van der Waals surface area contributed by atoms with Crippen LogP contribution < -0.4 is 5.32 Å². The van der Waals surface area contributed by atoms with Crippen LogP contribution in [0.25, 0.3) is 0 Å². The summed E-state index contributed by atoms with van der Waals surface area (Å²) in [4.78, 5) is 0. The van der Waals surface area contributed by atoms with Gasteiger partial charge in [0.25, 0.3) is 0 Å². The molecule has 0 atom stereocenters. The zero-order valence-corrected chi connectivity index (χ0v) is 13.2. The van der Waals surface area contributed by atoms with E-state index in [1.165, 1.54) is 9.26 Å². The molecule has 0 saturated heterocycles. The number of hydrogen-bond donors (Lipinski definition) is 1. The molecule has 0 saturated carbocycles. The molecule has 1 heterocycles. The molecule has 0 fully saturated rings. The number of anilines is 1. The molecule has 3 nitrogen and oxygen atoms in total. The van der Waals surface area contributed by atoms with Gasteiger partial charge in [0.2, 0.25) is 0 Å². The van der Waals surface area contributed by atoms with E-state index >= 15 is 0 Å². The number of benzene rings is 1. The van der Waals surface area contributed by atoms with Gasteiger partial charge >= 0.3 is 0 Å². The average Bonchev–Trinajstić information content (AvgIpc) is 2.77. The van der Waals surface area contributed by atoms with E-state index in [4.69, 9.17) is 0 Å². The lowest BCUT2D eigenvalue weighted by Crippen LogP contribution is -2.08. The highest BCUT2D eigenvalue weighted by atomic mass is 127. The fourth-order valence-corrected chi connectivity index (χ4v) is 2.49. The zero-order chi connectivity index (χ0) is 12.3. The molecule has 17 heavy (non-hydrogen) atoms.